The molecule has 2 aliphatic carbocycles. The molecule has 114 valence electrons. The van der Waals surface area contributed by atoms with Gasteiger partial charge in [0, 0.05) is 23.4 Å². The molecular formula is C14H14N4O3S. The van der Waals surface area contributed by atoms with Gasteiger partial charge in [0.05, 0.1) is 11.9 Å². The van der Waals surface area contributed by atoms with E-state index in [0.29, 0.717) is 23.2 Å². The predicted molar refractivity (Wildman–Crippen MR) is 78.4 cm³/mol. The number of aromatic nitrogens is 3. The van der Waals surface area contributed by atoms with E-state index in [1.54, 1.807) is 0 Å². The first-order valence-electron chi connectivity index (χ1n) is 6.98. The van der Waals surface area contributed by atoms with Crippen LogP contribution in [0.4, 0.5) is 5.69 Å². The fraction of sp³-hybridized carbons (Fsp3) is 0.357. The lowest BCUT2D eigenvalue weighted by Gasteiger charge is -2.05. The molecule has 7 nitrogen and oxygen atoms in total. The monoisotopic (exact) mass is 318 g/mol. The quantitative estimate of drug-likeness (QED) is 0.882. The summed E-state index contributed by atoms with van der Waals surface area (Å²) < 4.78 is 22.7. The highest BCUT2D eigenvalue weighted by atomic mass is 32.2. The highest BCUT2D eigenvalue weighted by molar-refractivity contribution is 7.90. The number of H-pyrrole nitrogens is 1. The SMILES string of the molecule is CS(=O)(=O)c1ccc(NC(=O)c2n[nH]c3c2CC2CC32)cn1. The molecule has 0 spiro atoms. The number of carbonyl (C=O) groups excluding carboxylic acids is 1. The lowest BCUT2D eigenvalue weighted by molar-refractivity contribution is 0.102. The second kappa shape index (κ2) is 4.39. The van der Waals surface area contributed by atoms with Gasteiger partial charge in [0.2, 0.25) is 0 Å². The van der Waals surface area contributed by atoms with Crippen molar-refractivity contribution in [3.8, 4) is 0 Å². The van der Waals surface area contributed by atoms with Crippen molar-refractivity contribution in [3.63, 3.8) is 0 Å². The third kappa shape index (κ3) is 2.10. The number of hydrogen-bond acceptors (Lipinski definition) is 5. The fourth-order valence-electron chi connectivity index (χ4n) is 3.03. The first kappa shape index (κ1) is 13.4. The Morgan fingerprint density at radius 1 is 1.41 bits per heavy atom. The number of sulfone groups is 1. The molecule has 0 aliphatic heterocycles. The van der Waals surface area contributed by atoms with E-state index in [1.807, 2.05) is 0 Å². The molecule has 22 heavy (non-hydrogen) atoms. The van der Waals surface area contributed by atoms with Crippen LogP contribution in [0.3, 0.4) is 0 Å². The van der Waals surface area contributed by atoms with Crippen LogP contribution >= 0.6 is 0 Å². The number of rotatable bonds is 3. The Balaban J connectivity index is 1.54. The molecule has 2 N–H and O–H groups in total. The summed E-state index contributed by atoms with van der Waals surface area (Å²) in [5, 5.41) is 9.76. The minimum absolute atomic E-state index is 0.0220. The van der Waals surface area contributed by atoms with Crippen molar-refractivity contribution in [1.82, 2.24) is 15.2 Å². The van der Waals surface area contributed by atoms with E-state index in [1.165, 1.54) is 24.8 Å². The highest BCUT2D eigenvalue weighted by Crippen LogP contribution is 2.56. The van der Waals surface area contributed by atoms with Crippen molar-refractivity contribution in [3.05, 3.63) is 35.3 Å². The van der Waals surface area contributed by atoms with Crippen molar-refractivity contribution in [2.24, 2.45) is 5.92 Å². The van der Waals surface area contributed by atoms with E-state index in [0.717, 1.165) is 23.9 Å². The van der Waals surface area contributed by atoms with Gasteiger partial charge in [0.15, 0.2) is 20.6 Å². The number of hydrogen-bond donors (Lipinski definition) is 2. The maximum atomic E-state index is 12.3. The minimum atomic E-state index is -3.34. The minimum Gasteiger partial charge on any atom is -0.319 e. The van der Waals surface area contributed by atoms with E-state index in [2.05, 4.69) is 20.5 Å². The molecule has 2 heterocycles. The second-order valence-corrected chi connectivity index (χ2v) is 7.84. The molecule has 0 aromatic carbocycles. The Kier molecular flexibility index (Phi) is 2.68. The fourth-order valence-corrected chi connectivity index (χ4v) is 3.59. The van der Waals surface area contributed by atoms with Gasteiger partial charge in [-0.2, -0.15) is 5.10 Å². The van der Waals surface area contributed by atoms with Crippen LogP contribution in [0.25, 0.3) is 0 Å². The van der Waals surface area contributed by atoms with Gasteiger partial charge < -0.3 is 5.32 Å². The summed E-state index contributed by atoms with van der Waals surface area (Å²) in [5.74, 6) is 0.930. The molecule has 4 rings (SSSR count). The number of aromatic amines is 1. The van der Waals surface area contributed by atoms with Crippen molar-refractivity contribution in [2.45, 2.75) is 23.8 Å². The molecule has 0 bridgehead atoms. The number of nitrogens with zero attached hydrogens (tertiary/aromatic N) is 2. The van der Waals surface area contributed by atoms with E-state index in [9.17, 15) is 13.2 Å². The van der Waals surface area contributed by atoms with E-state index >= 15 is 0 Å². The Morgan fingerprint density at radius 3 is 2.91 bits per heavy atom. The Bertz CT molecular complexity index is 870. The van der Waals surface area contributed by atoms with Crippen molar-refractivity contribution >= 4 is 21.4 Å². The maximum absolute atomic E-state index is 12.3. The number of carbonyl (C=O) groups is 1. The van der Waals surface area contributed by atoms with Gasteiger partial charge in [0.25, 0.3) is 5.91 Å². The zero-order chi connectivity index (χ0) is 15.5. The smallest absolute Gasteiger partial charge is 0.276 e. The zero-order valence-electron chi connectivity index (χ0n) is 11.8. The van der Waals surface area contributed by atoms with Gasteiger partial charge in [-0.15, -0.1) is 0 Å². The lowest BCUT2D eigenvalue weighted by Crippen LogP contribution is -2.15. The molecule has 1 saturated carbocycles. The van der Waals surface area contributed by atoms with Crippen LogP contribution in [0.1, 0.15) is 34.1 Å². The maximum Gasteiger partial charge on any atom is 0.276 e. The first-order chi connectivity index (χ1) is 10.4. The van der Waals surface area contributed by atoms with Gasteiger partial charge in [-0.25, -0.2) is 13.4 Å². The number of anilines is 1. The number of fused-ring (bicyclic) bond motifs is 3. The molecule has 2 unspecified atom stereocenters. The molecule has 2 atom stereocenters. The van der Waals surface area contributed by atoms with Crippen LogP contribution in [0.15, 0.2) is 23.4 Å². The third-order valence-electron chi connectivity index (χ3n) is 4.25. The number of pyridine rings is 1. The highest BCUT2D eigenvalue weighted by Gasteiger charge is 2.48. The molecular weight excluding hydrogens is 304 g/mol. The average molecular weight is 318 g/mol. The predicted octanol–water partition coefficient (Wildman–Crippen LogP) is 1.12. The number of amides is 1. The van der Waals surface area contributed by atoms with Crippen LogP contribution < -0.4 is 5.32 Å². The first-order valence-corrected chi connectivity index (χ1v) is 8.87. The van der Waals surface area contributed by atoms with E-state index in [-0.39, 0.29) is 10.9 Å². The van der Waals surface area contributed by atoms with Gasteiger partial charge >= 0.3 is 0 Å². The van der Waals surface area contributed by atoms with E-state index in [4.69, 9.17) is 0 Å². The van der Waals surface area contributed by atoms with Gasteiger partial charge in [-0.3, -0.25) is 9.89 Å². The van der Waals surface area contributed by atoms with Gasteiger partial charge in [-0.1, -0.05) is 0 Å². The normalized spacial score (nSPS) is 22.0. The molecule has 8 heteroatoms. The van der Waals surface area contributed by atoms with Crippen LogP contribution in [0.5, 0.6) is 0 Å². The lowest BCUT2D eigenvalue weighted by atomic mass is 10.1. The molecule has 0 radical (unpaired) electrons. The van der Waals surface area contributed by atoms with Crippen LogP contribution in [-0.4, -0.2) is 35.8 Å². The zero-order valence-corrected chi connectivity index (χ0v) is 12.6. The summed E-state index contributed by atoms with van der Waals surface area (Å²) in [6.07, 6.45) is 4.52. The molecule has 2 aromatic rings. The topological polar surface area (TPSA) is 105 Å². The van der Waals surface area contributed by atoms with Crippen LogP contribution in [0, 0.1) is 5.92 Å². The molecule has 2 aromatic heterocycles. The summed E-state index contributed by atoms with van der Waals surface area (Å²) in [5.41, 5.74) is 2.98. The average Bonchev–Trinajstić information content (AvgIpc) is 2.93. The summed E-state index contributed by atoms with van der Waals surface area (Å²) in [4.78, 5) is 16.1. The molecule has 1 amide bonds. The van der Waals surface area contributed by atoms with Crippen molar-refractivity contribution < 1.29 is 13.2 Å². The molecule has 2 aliphatic rings. The Morgan fingerprint density at radius 2 is 2.23 bits per heavy atom. The standard InChI is InChI=1S/C14H14N4O3S/c1-22(20,21)11-3-2-8(6-15-11)16-14(19)13-10-5-7-4-9(7)12(10)17-18-13/h2-3,6-7,9H,4-5H2,1H3,(H,16,19)(H,17,18). The van der Waals surface area contributed by atoms with Crippen molar-refractivity contribution in [1.29, 1.82) is 0 Å². The summed E-state index contributed by atoms with van der Waals surface area (Å²) >= 11 is 0. The summed E-state index contributed by atoms with van der Waals surface area (Å²) in [6.45, 7) is 0. The summed E-state index contributed by atoms with van der Waals surface area (Å²) in [6, 6.07) is 2.89. The van der Waals surface area contributed by atoms with E-state index < -0.39 is 9.84 Å². The number of nitrogens with one attached hydrogen (secondary N) is 2. The second-order valence-electron chi connectivity index (χ2n) is 5.88. The molecule has 0 saturated heterocycles. The van der Waals surface area contributed by atoms with Crippen LogP contribution in [-0.2, 0) is 16.3 Å². The summed E-state index contributed by atoms with van der Waals surface area (Å²) in [7, 11) is -3.34. The Labute approximate surface area is 127 Å². The Hall–Kier alpha value is -2.22. The molecule has 1 fully saturated rings. The van der Waals surface area contributed by atoms with Gasteiger partial charge in [-0.05, 0) is 30.9 Å². The van der Waals surface area contributed by atoms with Crippen LogP contribution in [0.2, 0.25) is 0 Å². The van der Waals surface area contributed by atoms with Gasteiger partial charge in [0.1, 0.15) is 0 Å². The third-order valence-corrected chi connectivity index (χ3v) is 5.25. The van der Waals surface area contributed by atoms with Crippen molar-refractivity contribution in [2.75, 3.05) is 11.6 Å². The largest absolute Gasteiger partial charge is 0.319 e.